The number of nitrogens with one attached hydrogen (secondary N) is 1. The number of rotatable bonds is 16. The number of para-hydroxylation sites is 1. The maximum Gasteiger partial charge on any atom is 0.326 e. The summed E-state index contributed by atoms with van der Waals surface area (Å²) >= 11 is 1.57. The molecule has 0 unspecified atom stereocenters. The van der Waals surface area contributed by atoms with E-state index in [-0.39, 0.29) is 5.91 Å². The van der Waals surface area contributed by atoms with E-state index < -0.39 is 12.0 Å². The molecular formula is C38H48N2O4S. The van der Waals surface area contributed by atoms with Crippen molar-refractivity contribution in [3.05, 3.63) is 89.5 Å². The van der Waals surface area contributed by atoms with Crippen molar-refractivity contribution in [1.29, 1.82) is 0 Å². The Morgan fingerprint density at radius 3 is 2.38 bits per heavy atom. The molecule has 3 aromatic carbocycles. The monoisotopic (exact) mass is 628 g/mol. The molecule has 2 aliphatic rings. The van der Waals surface area contributed by atoms with E-state index in [1.807, 2.05) is 60.9 Å². The van der Waals surface area contributed by atoms with Crippen LogP contribution in [0.15, 0.2) is 72.8 Å². The molecule has 2 atom stereocenters. The van der Waals surface area contributed by atoms with E-state index >= 15 is 0 Å². The van der Waals surface area contributed by atoms with Gasteiger partial charge in [0.2, 0.25) is 0 Å². The smallest absolute Gasteiger partial charge is 0.326 e. The summed E-state index contributed by atoms with van der Waals surface area (Å²) in [5.41, 5.74) is 4.57. The Bertz CT molecular complexity index is 1400. The second kappa shape index (κ2) is 16.3. The highest BCUT2D eigenvalue weighted by Gasteiger charge is 2.36. The Morgan fingerprint density at radius 2 is 1.69 bits per heavy atom. The van der Waals surface area contributed by atoms with Crippen molar-refractivity contribution in [2.75, 3.05) is 18.6 Å². The van der Waals surface area contributed by atoms with Gasteiger partial charge in [0.05, 0.1) is 0 Å². The van der Waals surface area contributed by atoms with Crippen molar-refractivity contribution < 1.29 is 19.4 Å². The summed E-state index contributed by atoms with van der Waals surface area (Å²) in [6.07, 6.45) is 12.5. The fourth-order valence-corrected chi connectivity index (χ4v) is 7.18. The minimum absolute atomic E-state index is 0.304. The van der Waals surface area contributed by atoms with Gasteiger partial charge in [-0.2, -0.15) is 11.8 Å². The molecular weight excluding hydrogens is 580 g/mol. The Kier molecular flexibility index (Phi) is 12.0. The average Bonchev–Trinajstić information content (AvgIpc) is 3.90. The molecule has 2 fully saturated rings. The number of hydrogen-bond donors (Lipinski definition) is 2. The van der Waals surface area contributed by atoms with Crippen molar-refractivity contribution in [1.82, 2.24) is 10.2 Å². The van der Waals surface area contributed by atoms with Gasteiger partial charge in [0.15, 0.2) is 0 Å². The molecule has 3 aromatic rings. The number of aliphatic carboxylic acids is 1. The predicted octanol–water partition coefficient (Wildman–Crippen LogP) is 7.98. The third kappa shape index (κ3) is 9.36. The number of amides is 1. The Balaban J connectivity index is 1.43. The summed E-state index contributed by atoms with van der Waals surface area (Å²) in [6.45, 7) is 3.50. The lowest BCUT2D eigenvalue weighted by atomic mass is 9.84. The molecule has 5 rings (SSSR count). The van der Waals surface area contributed by atoms with Gasteiger partial charge in [0, 0.05) is 24.2 Å². The van der Waals surface area contributed by atoms with E-state index in [9.17, 15) is 14.7 Å². The fraction of sp³-hybridized carbons (Fsp3) is 0.474. The van der Waals surface area contributed by atoms with Crippen molar-refractivity contribution in [2.45, 2.75) is 89.4 Å². The number of carboxylic acid groups (broad SMARTS) is 1. The summed E-state index contributed by atoms with van der Waals surface area (Å²) in [5.74, 6) is 0.947. The van der Waals surface area contributed by atoms with Crippen LogP contribution in [0.2, 0.25) is 0 Å². The van der Waals surface area contributed by atoms with E-state index in [1.165, 1.54) is 44.9 Å². The number of benzene rings is 3. The van der Waals surface area contributed by atoms with Crippen LogP contribution >= 0.6 is 11.8 Å². The molecule has 2 saturated carbocycles. The molecule has 0 radical (unpaired) electrons. The lowest BCUT2D eigenvalue weighted by Crippen LogP contribution is -2.42. The molecule has 0 saturated heterocycles. The Morgan fingerprint density at radius 1 is 0.956 bits per heavy atom. The standard InChI is InChI=1S/C38H48N2O4S/c1-27-11-9-10-16-33(27)35-24-29(17-20-34(35)37(41)39-36(38(42)43)21-22-45-2)25-40(30-18-19-30)31(23-28-12-5-3-6-13-28)26-44-32-14-7-4-8-15-32/h4,7-11,14-17,20,24,28,30-31,36H,3,5-6,12-13,18-19,21-23,25-26H2,1-2H3,(H,39,41)(H,42,43)/t31-,36+/m1/s1. The molecule has 1 amide bonds. The first-order valence-corrected chi connectivity index (χ1v) is 18.0. The van der Waals surface area contributed by atoms with Crippen LogP contribution in [0, 0.1) is 12.8 Å². The van der Waals surface area contributed by atoms with Gasteiger partial charge in [0.25, 0.3) is 5.91 Å². The first-order chi connectivity index (χ1) is 21.9. The molecule has 0 bridgehead atoms. The van der Waals surface area contributed by atoms with Crippen LogP contribution in [-0.4, -0.2) is 58.6 Å². The molecule has 2 N–H and O–H groups in total. The summed E-state index contributed by atoms with van der Waals surface area (Å²) < 4.78 is 6.41. The van der Waals surface area contributed by atoms with Gasteiger partial charge in [0.1, 0.15) is 18.4 Å². The van der Waals surface area contributed by atoms with E-state index in [4.69, 9.17) is 4.74 Å². The van der Waals surface area contributed by atoms with Crippen molar-refractivity contribution in [2.24, 2.45) is 5.92 Å². The molecule has 7 heteroatoms. The minimum atomic E-state index is -1.01. The number of carbonyl (C=O) groups is 2. The van der Waals surface area contributed by atoms with Crippen LogP contribution in [0.3, 0.4) is 0 Å². The summed E-state index contributed by atoms with van der Waals surface area (Å²) in [7, 11) is 0. The van der Waals surface area contributed by atoms with Crippen LogP contribution in [0.25, 0.3) is 11.1 Å². The normalized spacial score (nSPS) is 16.7. The van der Waals surface area contributed by atoms with Crippen LogP contribution in [0.1, 0.15) is 79.3 Å². The largest absolute Gasteiger partial charge is 0.492 e. The third-order valence-electron chi connectivity index (χ3n) is 9.34. The van der Waals surface area contributed by atoms with Crippen molar-refractivity contribution in [3.63, 3.8) is 0 Å². The molecule has 0 spiro atoms. The van der Waals surface area contributed by atoms with Gasteiger partial charge in [-0.3, -0.25) is 9.69 Å². The number of thioether (sulfide) groups is 1. The van der Waals surface area contributed by atoms with Gasteiger partial charge < -0.3 is 15.2 Å². The molecule has 45 heavy (non-hydrogen) atoms. The number of nitrogens with zero attached hydrogens (tertiary/aromatic N) is 1. The third-order valence-corrected chi connectivity index (χ3v) is 9.99. The molecule has 6 nitrogen and oxygen atoms in total. The molecule has 240 valence electrons. The minimum Gasteiger partial charge on any atom is -0.492 e. The van der Waals surface area contributed by atoms with Crippen LogP contribution in [0.5, 0.6) is 5.75 Å². The number of hydrogen-bond acceptors (Lipinski definition) is 5. The zero-order valence-corrected chi connectivity index (χ0v) is 27.6. The first kappa shape index (κ1) is 33.1. The van der Waals surface area contributed by atoms with Gasteiger partial charge in [-0.05, 0) is 97.1 Å². The topological polar surface area (TPSA) is 78.9 Å². The highest BCUT2D eigenvalue weighted by molar-refractivity contribution is 7.98. The average molecular weight is 629 g/mol. The van der Waals surface area contributed by atoms with Gasteiger partial charge >= 0.3 is 5.97 Å². The summed E-state index contributed by atoms with van der Waals surface area (Å²) in [5, 5.41) is 12.6. The Labute approximate surface area is 272 Å². The van der Waals surface area contributed by atoms with Crippen LogP contribution < -0.4 is 10.1 Å². The van der Waals surface area contributed by atoms with Crippen molar-refractivity contribution in [3.8, 4) is 16.9 Å². The van der Waals surface area contributed by atoms with Crippen LogP contribution in [-0.2, 0) is 11.3 Å². The highest BCUT2D eigenvalue weighted by atomic mass is 32.2. The fourth-order valence-electron chi connectivity index (χ4n) is 6.70. The second-order valence-corrected chi connectivity index (χ2v) is 13.7. The number of ether oxygens (including phenoxy) is 1. The van der Waals surface area contributed by atoms with Gasteiger partial charge in [-0.25, -0.2) is 4.79 Å². The number of aryl methyl sites for hydroxylation is 1. The lowest BCUT2D eigenvalue weighted by Gasteiger charge is -2.35. The summed E-state index contributed by atoms with van der Waals surface area (Å²) in [4.78, 5) is 28.2. The maximum absolute atomic E-state index is 13.6. The number of carboxylic acids is 1. The number of carbonyl (C=O) groups excluding carboxylic acids is 1. The quantitative estimate of drug-likeness (QED) is 0.168. The molecule has 0 aromatic heterocycles. The van der Waals surface area contributed by atoms with Crippen LogP contribution in [0.4, 0.5) is 0 Å². The predicted molar refractivity (Wildman–Crippen MR) is 184 cm³/mol. The van der Waals surface area contributed by atoms with Gasteiger partial charge in [-0.15, -0.1) is 0 Å². The summed E-state index contributed by atoms with van der Waals surface area (Å²) in [6, 6.07) is 24.2. The van der Waals surface area contributed by atoms with E-state index in [0.29, 0.717) is 36.4 Å². The van der Waals surface area contributed by atoms with E-state index in [1.54, 1.807) is 11.8 Å². The van der Waals surface area contributed by atoms with Crippen molar-refractivity contribution >= 4 is 23.6 Å². The molecule has 0 heterocycles. The van der Waals surface area contributed by atoms with Gasteiger partial charge in [-0.1, -0.05) is 80.6 Å². The molecule has 2 aliphatic carbocycles. The zero-order valence-electron chi connectivity index (χ0n) is 26.8. The van der Waals surface area contributed by atoms with E-state index in [0.717, 1.165) is 46.9 Å². The SMILES string of the molecule is CSCC[C@H](NC(=O)c1ccc(CN(C2CC2)[C@@H](COc2ccccc2)CC2CCCCC2)cc1-c1ccccc1C)C(=O)O. The first-order valence-electron chi connectivity index (χ1n) is 16.6. The lowest BCUT2D eigenvalue weighted by molar-refractivity contribution is -0.139. The zero-order chi connectivity index (χ0) is 31.6. The Hall–Kier alpha value is -3.29. The second-order valence-electron chi connectivity index (χ2n) is 12.8. The molecule has 0 aliphatic heterocycles. The van der Waals surface area contributed by atoms with E-state index in [2.05, 4.69) is 35.3 Å². The maximum atomic E-state index is 13.6. The highest BCUT2D eigenvalue weighted by Crippen LogP contribution is 2.36.